The molecule has 0 saturated carbocycles. The molecule has 0 spiro atoms. The molecule has 8 aromatic rings. The number of nitrogens with zero attached hydrogens (tertiary/aromatic N) is 2. The topological polar surface area (TPSA) is 322 Å². The molecule has 0 aliphatic rings. The Kier molecular flexibility index (Phi) is 22.0. The number of aliphatic hydroxyl groups is 3. The molecule has 4 heterocycles. The van der Waals surface area contributed by atoms with Gasteiger partial charge in [0.15, 0.2) is 70.3 Å². The van der Waals surface area contributed by atoms with Crippen LogP contribution in [0.1, 0.15) is 23.3 Å². The van der Waals surface area contributed by atoms with Crippen LogP contribution in [0, 0.1) is 30.6 Å². The summed E-state index contributed by atoms with van der Waals surface area (Å²) < 4.78 is 0. The smallest absolute Gasteiger partial charge is 0.400 e. The number of aromatic nitrogens is 8. The van der Waals surface area contributed by atoms with Crippen LogP contribution in [0.4, 0.5) is 0 Å². The minimum Gasteiger partial charge on any atom is -0.400 e. The van der Waals surface area contributed by atoms with E-state index in [-0.39, 0.29) is 37.7 Å². The van der Waals surface area contributed by atoms with E-state index in [4.69, 9.17) is 46.0 Å². The average Bonchev–Trinajstić information content (AvgIpc) is 4.02. The van der Waals surface area contributed by atoms with Crippen molar-refractivity contribution in [3.05, 3.63) is 151 Å². The van der Waals surface area contributed by atoms with E-state index >= 15 is 0 Å². The van der Waals surface area contributed by atoms with Crippen molar-refractivity contribution >= 4 is 81.9 Å². The Balaban J connectivity index is 0.000000712. The third-order valence-corrected chi connectivity index (χ3v) is 8.53. The van der Waals surface area contributed by atoms with Crippen LogP contribution in [-0.2, 0) is 26.2 Å². The number of quaternary nitrogens is 2. The van der Waals surface area contributed by atoms with E-state index in [9.17, 15) is 0 Å². The van der Waals surface area contributed by atoms with Crippen LogP contribution in [0.25, 0.3) is 44.1 Å². The number of para-hydroxylation sites is 8. The van der Waals surface area contributed by atoms with Crippen LogP contribution in [0.2, 0.25) is 0 Å². The third-order valence-electron chi connectivity index (χ3n) is 8.53. The number of benzene rings is 4. The Morgan fingerprint density at radius 1 is 0.441 bits per heavy atom. The van der Waals surface area contributed by atoms with Gasteiger partial charge in [0.25, 0.3) is 0 Å². The summed E-state index contributed by atoms with van der Waals surface area (Å²) in [5, 5.41) is 50.5. The number of aromatic amines is 8. The molecule has 0 aliphatic heterocycles. The first kappa shape index (κ1) is 49.4. The number of hydrogen-bond acceptors (Lipinski definition) is 9. The maximum atomic E-state index is 8.25. The van der Waals surface area contributed by atoms with Gasteiger partial charge in [-0.25, -0.2) is 39.9 Å². The van der Waals surface area contributed by atoms with Gasteiger partial charge >= 0.3 is 61.0 Å². The third kappa shape index (κ3) is 15.8. The van der Waals surface area contributed by atoms with Crippen molar-refractivity contribution in [1.82, 2.24) is 19.9 Å². The van der Waals surface area contributed by atoms with Gasteiger partial charge in [-0.15, -0.1) is 0 Å². The molecule has 59 heavy (non-hydrogen) atoms. The van der Waals surface area contributed by atoms with E-state index in [1.54, 1.807) is 0 Å². The van der Waals surface area contributed by atoms with Crippen LogP contribution in [0.3, 0.4) is 0 Å². The first-order chi connectivity index (χ1) is 28.2. The minimum absolute atomic E-state index is 0. The molecular formula is C37H50CaN12O9+6. The predicted molar refractivity (Wildman–Crippen MR) is 217 cm³/mol. The average molecular weight is 847 g/mol. The van der Waals surface area contributed by atoms with Crippen LogP contribution in [-0.4, -0.2) is 118 Å². The SMILES string of the molecule is CO.CO.CO.O=[N+]([O-])[O-].O=[N+]([O-])[O-].[Ca+2].c1ccc2[nH+]c(C[NH+](CC[NH+](Cc3[nH]c4ccccc4[nH+]3)Cc3[nH]c4ccccc4[nH+]3)Cc3[nH]c4ccccc4[nH+]3)[nH]c2c1. The molecular weight excluding hydrogens is 797 g/mol. The van der Waals surface area contributed by atoms with Gasteiger partial charge in [0.1, 0.15) is 13.1 Å². The second kappa shape index (κ2) is 26.3. The first-order valence-corrected chi connectivity index (χ1v) is 17.8. The molecule has 0 saturated heterocycles. The first-order valence-electron chi connectivity index (χ1n) is 17.8. The zero-order valence-corrected chi connectivity index (χ0v) is 35.1. The minimum atomic E-state index is -1.75. The molecule has 0 aliphatic carbocycles. The van der Waals surface area contributed by atoms with E-state index in [0.29, 0.717) is 0 Å². The molecule has 21 nitrogen and oxygen atoms in total. The summed E-state index contributed by atoms with van der Waals surface area (Å²) in [6.45, 7) is 5.35. The fraction of sp³-hybridized carbons (Fsp3) is 0.243. The second-order valence-corrected chi connectivity index (χ2v) is 12.3. The number of rotatable bonds is 11. The Morgan fingerprint density at radius 2 is 0.627 bits per heavy atom. The van der Waals surface area contributed by atoms with Crippen molar-refractivity contribution in [1.29, 1.82) is 0 Å². The van der Waals surface area contributed by atoms with Gasteiger partial charge in [0.05, 0.1) is 10.2 Å². The van der Waals surface area contributed by atoms with Gasteiger partial charge in [-0.2, -0.15) is 0 Å². The largest absolute Gasteiger partial charge is 2.00 e. The molecule has 0 bridgehead atoms. The summed E-state index contributed by atoms with van der Waals surface area (Å²) in [6, 6.07) is 33.6. The quantitative estimate of drug-likeness (QED) is 0.0424. The molecule has 0 amide bonds. The number of fused-ring (bicyclic) bond motifs is 4. The molecule has 8 rings (SSSR count). The van der Waals surface area contributed by atoms with E-state index < -0.39 is 10.2 Å². The van der Waals surface area contributed by atoms with E-state index in [0.717, 1.165) is 128 Å². The molecule has 0 radical (unpaired) electrons. The van der Waals surface area contributed by atoms with Crippen molar-refractivity contribution in [2.24, 2.45) is 0 Å². The monoisotopic (exact) mass is 846 g/mol. The summed E-state index contributed by atoms with van der Waals surface area (Å²) in [6.07, 6.45) is 0. The predicted octanol–water partition coefficient (Wildman–Crippen LogP) is -1.29. The number of hydrogen-bond donors (Lipinski definition) is 9. The van der Waals surface area contributed by atoms with Crippen LogP contribution >= 0.6 is 0 Å². The molecule has 22 heteroatoms. The maximum Gasteiger partial charge on any atom is 2.00 e. The Labute approximate surface area is 366 Å². The Morgan fingerprint density at radius 3 is 0.814 bits per heavy atom. The van der Waals surface area contributed by atoms with Crippen LogP contribution < -0.4 is 29.7 Å². The van der Waals surface area contributed by atoms with Gasteiger partial charge in [-0.05, 0) is 48.5 Å². The summed E-state index contributed by atoms with van der Waals surface area (Å²) in [7, 11) is 3.00. The number of H-pyrrole nitrogens is 8. The van der Waals surface area contributed by atoms with E-state index in [1.807, 2.05) is 0 Å². The second-order valence-electron chi connectivity index (χ2n) is 12.3. The van der Waals surface area contributed by atoms with Gasteiger partial charge in [-0.1, -0.05) is 48.5 Å². The number of aliphatic hydroxyl groups excluding tert-OH is 3. The van der Waals surface area contributed by atoms with Crippen molar-refractivity contribution in [2.75, 3.05) is 34.4 Å². The fourth-order valence-electron chi connectivity index (χ4n) is 6.42. The normalized spacial score (nSPS) is 10.2. The molecule has 4 aromatic carbocycles. The summed E-state index contributed by atoms with van der Waals surface area (Å²) in [5.74, 6) is 4.53. The maximum absolute atomic E-state index is 8.25. The standard InChI is InChI=1S/C34H32N10.3CH4O.Ca.2NO3/c1-2-10-24-23(9-1)35-31(36-24)19-43(20-32-37-25-11-3-4-12-26(25)38-32)17-18-44(21-33-39-27-13-5-6-14-28(27)40-33)22-34-41-29-15-7-8-16-30(29)42-34;3*1-2;;2*2-1(3)4/h1-16H,17-22H2,(H,35,36)(H,37,38)(H,39,40)(H,41,42);3*2H,1H3;;;/q;;;;+2;2*-1/p+6. The van der Waals surface area contributed by atoms with Crippen molar-refractivity contribution < 1.29 is 55.2 Å². The summed E-state index contributed by atoms with van der Waals surface area (Å²) in [5.41, 5.74) is 9.07. The van der Waals surface area contributed by atoms with Gasteiger partial charge < -0.3 is 55.8 Å². The van der Waals surface area contributed by atoms with Crippen LogP contribution in [0.5, 0.6) is 0 Å². The number of imidazole rings is 4. The summed E-state index contributed by atoms with van der Waals surface area (Å²) >= 11 is 0. The molecule has 0 unspecified atom stereocenters. The van der Waals surface area contributed by atoms with E-state index in [1.165, 1.54) is 9.80 Å². The number of nitrogens with one attached hydrogen (secondary N) is 10. The Hall–Kier alpha value is -5.78. The molecule has 0 atom stereocenters. The molecule has 308 valence electrons. The van der Waals surface area contributed by atoms with Crippen molar-refractivity contribution in [3.8, 4) is 0 Å². The van der Waals surface area contributed by atoms with Gasteiger partial charge in [0.2, 0.25) is 0 Å². The van der Waals surface area contributed by atoms with Gasteiger partial charge in [0, 0.05) is 21.3 Å². The van der Waals surface area contributed by atoms with Gasteiger partial charge in [-0.3, -0.25) is 0 Å². The Bertz CT molecular complexity index is 1980. The fourth-order valence-corrected chi connectivity index (χ4v) is 6.42. The molecule has 4 aromatic heterocycles. The molecule has 0 fully saturated rings. The van der Waals surface area contributed by atoms with Crippen molar-refractivity contribution in [3.63, 3.8) is 0 Å². The zero-order valence-electron chi connectivity index (χ0n) is 32.9. The molecule has 13 N–H and O–H groups in total. The zero-order chi connectivity index (χ0) is 42.5. The van der Waals surface area contributed by atoms with Crippen LogP contribution in [0.15, 0.2) is 97.1 Å². The summed E-state index contributed by atoms with van der Waals surface area (Å²) in [4.78, 5) is 48.3. The van der Waals surface area contributed by atoms with Crippen molar-refractivity contribution in [2.45, 2.75) is 26.2 Å². The van der Waals surface area contributed by atoms with E-state index in [2.05, 4.69) is 137 Å².